The Balaban J connectivity index is 2.03. The highest BCUT2D eigenvalue weighted by Gasteiger charge is 2.22. The van der Waals surface area contributed by atoms with Gasteiger partial charge in [-0.15, -0.1) is 0 Å². The Morgan fingerprint density at radius 3 is 2.53 bits per heavy atom. The van der Waals surface area contributed by atoms with Gasteiger partial charge in [0.2, 0.25) is 0 Å². The van der Waals surface area contributed by atoms with Gasteiger partial charge in [-0.25, -0.2) is 4.98 Å². The molecule has 0 spiro atoms. The van der Waals surface area contributed by atoms with Crippen LogP contribution in [-0.2, 0) is 13.6 Å². The maximum atomic E-state index is 4.68. The van der Waals surface area contributed by atoms with E-state index in [1.54, 1.807) is 0 Å². The van der Waals surface area contributed by atoms with Crippen LogP contribution in [0.15, 0.2) is 0 Å². The van der Waals surface area contributed by atoms with Crippen LogP contribution >= 0.6 is 0 Å². The molecule has 0 saturated heterocycles. The predicted molar refractivity (Wildman–Crippen MR) is 68.8 cm³/mol. The summed E-state index contributed by atoms with van der Waals surface area (Å²) in [7, 11) is 1.99. The fourth-order valence-corrected chi connectivity index (χ4v) is 2.29. The van der Waals surface area contributed by atoms with E-state index in [0.717, 1.165) is 18.2 Å². The van der Waals surface area contributed by atoms with Crippen LogP contribution in [-0.4, -0.2) is 20.3 Å². The van der Waals surface area contributed by atoms with Gasteiger partial charge in [0.25, 0.3) is 0 Å². The molecule has 1 heterocycles. The van der Waals surface area contributed by atoms with Crippen LogP contribution < -0.4 is 5.32 Å². The molecule has 1 aromatic heterocycles. The normalized spacial score (nSPS) is 17.9. The minimum absolute atomic E-state index is 0.124. The lowest BCUT2D eigenvalue weighted by molar-refractivity contribution is 0.412. The lowest BCUT2D eigenvalue weighted by atomic mass is 10.1. The van der Waals surface area contributed by atoms with Crippen LogP contribution in [0.25, 0.3) is 0 Å². The molecule has 4 heteroatoms. The van der Waals surface area contributed by atoms with E-state index in [1.165, 1.54) is 25.7 Å². The fourth-order valence-electron chi connectivity index (χ4n) is 2.29. The molecule has 1 saturated carbocycles. The van der Waals surface area contributed by atoms with Crippen molar-refractivity contribution in [2.45, 2.75) is 64.5 Å². The zero-order valence-electron chi connectivity index (χ0n) is 11.5. The number of aryl methyl sites for hydroxylation is 1. The lowest BCUT2D eigenvalue weighted by Gasteiger charge is -2.19. The Labute approximate surface area is 104 Å². The van der Waals surface area contributed by atoms with Crippen molar-refractivity contribution < 1.29 is 0 Å². The number of hydrogen-bond acceptors (Lipinski definition) is 3. The molecule has 2 rings (SSSR count). The van der Waals surface area contributed by atoms with Gasteiger partial charge in [-0.1, -0.05) is 12.8 Å². The standard InChI is InChI=1S/C13H24N4/c1-13(2,3)14-9-11-15-12(16-17(11)4)10-7-5-6-8-10/h10,14H,5-9H2,1-4H3. The van der Waals surface area contributed by atoms with E-state index in [1.807, 2.05) is 11.7 Å². The van der Waals surface area contributed by atoms with E-state index in [4.69, 9.17) is 0 Å². The summed E-state index contributed by atoms with van der Waals surface area (Å²) in [5.41, 5.74) is 0.124. The van der Waals surface area contributed by atoms with Crippen LogP contribution in [0.3, 0.4) is 0 Å². The van der Waals surface area contributed by atoms with Crippen molar-refractivity contribution in [3.8, 4) is 0 Å². The van der Waals surface area contributed by atoms with Gasteiger partial charge in [-0.05, 0) is 33.6 Å². The van der Waals surface area contributed by atoms with Gasteiger partial charge in [0.1, 0.15) is 5.82 Å². The smallest absolute Gasteiger partial charge is 0.154 e. The third kappa shape index (κ3) is 3.28. The van der Waals surface area contributed by atoms with Crippen molar-refractivity contribution in [3.63, 3.8) is 0 Å². The molecule has 0 aromatic carbocycles. The number of aromatic nitrogens is 3. The number of nitrogens with one attached hydrogen (secondary N) is 1. The summed E-state index contributed by atoms with van der Waals surface area (Å²) in [6, 6.07) is 0. The average molecular weight is 236 g/mol. The van der Waals surface area contributed by atoms with Gasteiger partial charge in [0.15, 0.2) is 5.82 Å². The Hall–Kier alpha value is -0.900. The minimum atomic E-state index is 0.124. The predicted octanol–water partition coefficient (Wildman–Crippen LogP) is 2.36. The quantitative estimate of drug-likeness (QED) is 0.876. The summed E-state index contributed by atoms with van der Waals surface area (Å²) in [5, 5.41) is 8.02. The van der Waals surface area contributed by atoms with Gasteiger partial charge in [0.05, 0.1) is 6.54 Å². The van der Waals surface area contributed by atoms with Gasteiger partial charge in [-0.2, -0.15) is 5.10 Å². The monoisotopic (exact) mass is 236 g/mol. The van der Waals surface area contributed by atoms with Crippen LogP contribution in [0, 0.1) is 0 Å². The summed E-state index contributed by atoms with van der Waals surface area (Å²) < 4.78 is 1.92. The largest absolute Gasteiger partial charge is 0.305 e. The summed E-state index contributed by atoms with van der Waals surface area (Å²) in [5.74, 6) is 2.70. The van der Waals surface area contributed by atoms with Gasteiger partial charge >= 0.3 is 0 Å². The molecule has 0 atom stereocenters. The molecule has 1 aliphatic carbocycles. The maximum Gasteiger partial charge on any atom is 0.154 e. The molecule has 0 aliphatic heterocycles. The Kier molecular flexibility index (Phi) is 3.52. The molecule has 0 amide bonds. The Morgan fingerprint density at radius 2 is 1.94 bits per heavy atom. The second-order valence-electron chi connectivity index (χ2n) is 6.09. The molecule has 1 N–H and O–H groups in total. The molecule has 0 radical (unpaired) electrons. The molecule has 1 fully saturated rings. The topological polar surface area (TPSA) is 42.7 Å². The molecule has 96 valence electrons. The first-order valence-electron chi connectivity index (χ1n) is 6.60. The molecule has 17 heavy (non-hydrogen) atoms. The lowest BCUT2D eigenvalue weighted by Crippen LogP contribution is -2.35. The first-order chi connectivity index (χ1) is 7.96. The highest BCUT2D eigenvalue weighted by atomic mass is 15.3. The molecule has 1 aromatic rings. The number of rotatable bonds is 3. The Bertz CT molecular complexity index is 369. The van der Waals surface area contributed by atoms with Crippen molar-refractivity contribution in [1.29, 1.82) is 0 Å². The van der Waals surface area contributed by atoms with E-state index in [0.29, 0.717) is 5.92 Å². The van der Waals surface area contributed by atoms with Crippen molar-refractivity contribution in [2.75, 3.05) is 0 Å². The van der Waals surface area contributed by atoms with Gasteiger partial charge in [0, 0.05) is 18.5 Å². The highest BCUT2D eigenvalue weighted by molar-refractivity contribution is 5.01. The van der Waals surface area contributed by atoms with Gasteiger partial charge in [-0.3, -0.25) is 4.68 Å². The van der Waals surface area contributed by atoms with E-state index < -0.39 is 0 Å². The van der Waals surface area contributed by atoms with Crippen LogP contribution in [0.2, 0.25) is 0 Å². The van der Waals surface area contributed by atoms with Crippen molar-refractivity contribution in [3.05, 3.63) is 11.6 Å². The van der Waals surface area contributed by atoms with Crippen LogP contribution in [0.4, 0.5) is 0 Å². The Morgan fingerprint density at radius 1 is 1.29 bits per heavy atom. The van der Waals surface area contributed by atoms with Crippen LogP contribution in [0.1, 0.15) is 64.0 Å². The first kappa shape index (κ1) is 12.6. The summed E-state index contributed by atoms with van der Waals surface area (Å²) >= 11 is 0. The van der Waals surface area contributed by atoms with E-state index in [9.17, 15) is 0 Å². The summed E-state index contributed by atoms with van der Waals surface area (Å²) in [6.45, 7) is 7.30. The van der Waals surface area contributed by atoms with Gasteiger partial charge < -0.3 is 5.32 Å². The van der Waals surface area contributed by atoms with Crippen molar-refractivity contribution >= 4 is 0 Å². The van der Waals surface area contributed by atoms with Crippen LogP contribution in [0.5, 0.6) is 0 Å². The molecule has 0 unspecified atom stereocenters. The number of nitrogens with zero attached hydrogens (tertiary/aromatic N) is 3. The van der Waals surface area contributed by atoms with E-state index >= 15 is 0 Å². The second kappa shape index (κ2) is 4.77. The maximum absolute atomic E-state index is 4.68. The zero-order chi connectivity index (χ0) is 12.5. The fraction of sp³-hybridized carbons (Fsp3) is 0.846. The minimum Gasteiger partial charge on any atom is -0.305 e. The number of hydrogen-bond donors (Lipinski definition) is 1. The average Bonchev–Trinajstić information content (AvgIpc) is 2.82. The van der Waals surface area contributed by atoms with Crippen molar-refractivity contribution in [2.24, 2.45) is 7.05 Å². The van der Waals surface area contributed by atoms with Crippen molar-refractivity contribution in [1.82, 2.24) is 20.1 Å². The summed E-state index contributed by atoms with van der Waals surface area (Å²) in [4.78, 5) is 4.68. The SMILES string of the molecule is Cn1nc(C2CCCC2)nc1CNC(C)(C)C. The molecular weight excluding hydrogens is 212 g/mol. The summed E-state index contributed by atoms with van der Waals surface area (Å²) in [6.07, 6.45) is 5.18. The molecule has 1 aliphatic rings. The molecule has 4 nitrogen and oxygen atoms in total. The third-order valence-corrected chi connectivity index (χ3v) is 3.37. The molecular formula is C13H24N4. The third-order valence-electron chi connectivity index (χ3n) is 3.37. The zero-order valence-corrected chi connectivity index (χ0v) is 11.5. The molecule has 0 bridgehead atoms. The first-order valence-corrected chi connectivity index (χ1v) is 6.60. The second-order valence-corrected chi connectivity index (χ2v) is 6.09. The van der Waals surface area contributed by atoms with E-state index in [-0.39, 0.29) is 5.54 Å². The highest BCUT2D eigenvalue weighted by Crippen LogP contribution is 2.32. The van der Waals surface area contributed by atoms with E-state index in [2.05, 4.69) is 36.2 Å².